The Morgan fingerprint density at radius 2 is 1.75 bits per heavy atom. The van der Waals surface area contributed by atoms with E-state index < -0.39 is 0 Å². The molecule has 0 aliphatic carbocycles. The molecule has 0 N–H and O–H groups in total. The van der Waals surface area contributed by atoms with Crippen LogP contribution in [0.25, 0.3) is 21.7 Å². The van der Waals surface area contributed by atoms with Crippen molar-refractivity contribution in [3.63, 3.8) is 0 Å². The number of nitrogens with zero attached hydrogens (tertiary/aromatic N) is 2. The summed E-state index contributed by atoms with van der Waals surface area (Å²) in [4.78, 5) is 5.87. The minimum Gasteiger partial charge on any atom is -0.239 e. The predicted octanol–water partition coefficient (Wildman–Crippen LogP) is 8.08. The second kappa shape index (κ2) is 9.28. The van der Waals surface area contributed by atoms with E-state index in [9.17, 15) is 9.65 Å². The van der Waals surface area contributed by atoms with Gasteiger partial charge in [0.2, 0.25) is 0 Å². The monoisotopic (exact) mass is 458 g/mol. The molecule has 5 heteroatoms. The Bertz CT molecular complexity index is 1250. The first kappa shape index (κ1) is 22.3. The summed E-state index contributed by atoms with van der Waals surface area (Å²) < 4.78 is 13.5. The molecule has 0 bridgehead atoms. The molecule has 0 spiro atoms. The van der Waals surface area contributed by atoms with Gasteiger partial charge in [-0.05, 0) is 51.8 Å². The molecule has 0 amide bonds. The van der Waals surface area contributed by atoms with E-state index in [4.69, 9.17) is 4.98 Å². The van der Waals surface area contributed by atoms with Crippen molar-refractivity contribution in [2.24, 2.45) is 0 Å². The van der Waals surface area contributed by atoms with Crippen molar-refractivity contribution in [3.05, 3.63) is 94.6 Å². The maximum atomic E-state index is 13.5. The van der Waals surface area contributed by atoms with Gasteiger partial charge in [-0.1, -0.05) is 63.2 Å². The number of aromatic nitrogens is 1. The normalized spacial score (nSPS) is 11.3. The van der Waals surface area contributed by atoms with Crippen LogP contribution in [0.15, 0.2) is 77.1 Å². The molecular weight excluding hydrogens is 435 g/mol. The fourth-order valence-corrected chi connectivity index (χ4v) is 5.04. The lowest BCUT2D eigenvalue weighted by Crippen LogP contribution is -2.10. The van der Waals surface area contributed by atoms with E-state index in [0.717, 1.165) is 21.7 Å². The Labute approximate surface area is 196 Å². The smallest absolute Gasteiger partial charge is 0.123 e. The van der Waals surface area contributed by atoms with Gasteiger partial charge in [0, 0.05) is 11.3 Å². The van der Waals surface area contributed by atoms with Gasteiger partial charge in [0.1, 0.15) is 16.9 Å². The summed E-state index contributed by atoms with van der Waals surface area (Å²) in [6.07, 6.45) is 0. The molecule has 0 atom stereocenters. The number of nitriles is 1. The first-order chi connectivity index (χ1) is 15.3. The van der Waals surface area contributed by atoms with Gasteiger partial charge < -0.3 is 0 Å². The van der Waals surface area contributed by atoms with Crippen molar-refractivity contribution in [1.29, 1.82) is 5.26 Å². The molecule has 2 aromatic heterocycles. The summed E-state index contributed by atoms with van der Waals surface area (Å²) in [7, 11) is 0. The summed E-state index contributed by atoms with van der Waals surface area (Å²) in [6.45, 7) is 6.60. The van der Waals surface area contributed by atoms with Gasteiger partial charge in [-0.3, -0.25) is 0 Å². The Morgan fingerprint density at radius 3 is 2.34 bits per heavy atom. The van der Waals surface area contributed by atoms with Crippen LogP contribution in [0.1, 0.15) is 37.5 Å². The van der Waals surface area contributed by atoms with E-state index in [1.165, 1.54) is 23.3 Å². The van der Waals surface area contributed by atoms with Crippen LogP contribution < -0.4 is 0 Å². The SMILES string of the molecule is CC(C)(C)c1ccc(CSc2nc(-c3cccs3)cc(-c3ccc(F)cc3)c2C#N)cc1. The lowest BCUT2D eigenvalue weighted by atomic mass is 9.87. The number of thioether (sulfide) groups is 1. The third-order valence-corrected chi connectivity index (χ3v) is 7.16. The number of halogens is 1. The number of hydrogen-bond donors (Lipinski definition) is 0. The highest BCUT2D eigenvalue weighted by Crippen LogP contribution is 2.36. The highest BCUT2D eigenvalue weighted by Gasteiger charge is 2.17. The van der Waals surface area contributed by atoms with Gasteiger partial charge in [0.05, 0.1) is 16.1 Å². The average molecular weight is 459 g/mol. The van der Waals surface area contributed by atoms with Crippen LogP contribution in [0.4, 0.5) is 4.39 Å². The quantitative estimate of drug-likeness (QED) is 0.284. The van der Waals surface area contributed by atoms with Crippen molar-refractivity contribution in [2.75, 3.05) is 0 Å². The summed E-state index contributed by atoms with van der Waals surface area (Å²) in [5, 5.41) is 12.7. The van der Waals surface area contributed by atoms with E-state index in [1.54, 1.807) is 35.2 Å². The zero-order chi connectivity index (χ0) is 22.7. The lowest BCUT2D eigenvalue weighted by molar-refractivity contribution is 0.590. The fourth-order valence-electron chi connectivity index (χ4n) is 3.39. The van der Waals surface area contributed by atoms with Crippen molar-refractivity contribution >= 4 is 23.1 Å². The van der Waals surface area contributed by atoms with Gasteiger partial charge in [0.25, 0.3) is 0 Å². The first-order valence-electron chi connectivity index (χ1n) is 10.3. The zero-order valence-electron chi connectivity index (χ0n) is 18.2. The molecule has 32 heavy (non-hydrogen) atoms. The zero-order valence-corrected chi connectivity index (χ0v) is 19.9. The third-order valence-electron chi connectivity index (χ3n) is 5.22. The van der Waals surface area contributed by atoms with Gasteiger partial charge in [0.15, 0.2) is 0 Å². The Kier molecular flexibility index (Phi) is 6.45. The molecule has 4 rings (SSSR count). The van der Waals surface area contributed by atoms with Crippen molar-refractivity contribution in [1.82, 2.24) is 4.98 Å². The molecule has 4 aromatic rings. The molecule has 0 aliphatic rings. The molecule has 0 fully saturated rings. The number of rotatable bonds is 5. The summed E-state index contributed by atoms with van der Waals surface area (Å²) >= 11 is 3.17. The second-order valence-electron chi connectivity index (χ2n) is 8.57. The van der Waals surface area contributed by atoms with Crippen LogP contribution in [-0.4, -0.2) is 4.98 Å². The first-order valence-corrected chi connectivity index (χ1v) is 12.2. The highest BCUT2D eigenvalue weighted by atomic mass is 32.2. The standard InChI is InChI=1S/C27H23FN2S2/c1-27(2,3)20-10-6-18(7-11-20)17-32-26-23(16-29)22(19-8-12-21(28)13-9-19)15-24(30-26)25-5-4-14-31-25/h4-15H,17H2,1-3H3. The van der Waals surface area contributed by atoms with E-state index in [0.29, 0.717) is 16.3 Å². The van der Waals surface area contributed by atoms with Crippen LogP contribution in [0.5, 0.6) is 0 Å². The van der Waals surface area contributed by atoms with Crippen LogP contribution in [-0.2, 0) is 11.2 Å². The number of hydrogen-bond acceptors (Lipinski definition) is 4. The topological polar surface area (TPSA) is 36.7 Å². The Morgan fingerprint density at radius 1 is 1.03 bits per heavy atom. The predicted molar refractivity (Wildman–Crippen MR) is 132 cm³/mol. The number of pyridine rings is 1. The van der Waals surface area contributed by atoms with Gasteiger partial charge >= 0.3 is 0 Å². The Hall–Kier alpha value is -2.94. The summed E-state index contributed by atoms with van der Waals surface area (Å²) in [5.41, 5.74) is 5.51. The summed E-state index contributed by atoms with van der Waals surface area (Å²) in [6, 6.07) is 23.2. The number of thiophene rings is 1. The maximum Gasteiger partial charge on any atom is 0.123 e. The fraction of sp³-hybridized carbons (Fsp3) is 0.185. The molecule has 2 heterocycles. The molecule has 0 unspecified atom stereocenters. The molecule has 160 valence electrons. The minimum absolute atomic E-state index is 0.111. The molecule has 0 saturated carbocycles. The summed E-state index contributed by atoms with van der Waals surface area (Å²) in [5.74, 6) is 0.413. The van der Waals surface area contributed by atoms with E-state index in [-0.39, 0.29) is 11.2 Å². The van der Waals surface area contributed by atoms with Crippen LogP contribution >= 0.6 is 23.1 Å². The van der Waals surface area contributed by atoms with Crippen LogP contribution in [0.3, 0.4) is 0 Å². The lowest BCUT2D eigenvalue weighted by Gasteiger charge is -2.19. The van der Waals surface area contributed by atoms with Crippen molar-refractivity contribution in [3.8, 4) is 27.8 Å². The molecule has 0 saturated heterocycles. The number of benzene rings is 2. The van der Waals surface area contributed by atoms with Gasteiger partial charge in [-0.15, -0.1) is 23.1 Å². The molecule has 0 aliphatic heterocycles. The molecule has 2 aromatic carbocycles. The largest absolute Gasteiger partial charge is 0.239 e. The van der Waals surface area contributed by atoms with E-state index in [1.807, 2.05) is 23.6 Å². The van der Waals surface area contributed by atoms with Crippen molar-refractivity contribution in [2.45, 2.75) is 37.0 Å². The van der Waals surface area contributed by atoms with Crippen LogP contribution in [0.2, 0.25) is 0 Å². The minimum atomic E-state index is -0.298. The van der Waals surface area contributed by atoms with E-state index in [2.05, 4.69) is 51.1 Å². The van der Waals surface area contributed by atoms with Crippen LogP contribution in [0, 0.1) is 17.1 Å². The van der Waals surface area contributed by atoms with E-state index >= 15 is 0 Å². The van der Waals surface area contributed by atoms with Gasteiger partial charge in [-0.25, -0.2) is 9.37 Å². The Balaban J connectivity index is 1.72. The maximum absolute atomic E-state index is 13.5. The molecule has 2 nitrogen and oxygen atoms in total. The third kappa shape index (κ3) is 4.93. The van der Waals surface area contributed by atoms with Crippen molar-refractivity contribution < 1.29 is 4.39 Å². The average Bonchev–Trinajstić information content (AvgIpc) is 3.32. The molecule has 0 radical (unpaired) electrons. The van der Waals surface area contributed by atoms with Gasteiger partial charge in [-0.2, -0.15) is 5.26 Å². The highest BCUT2D eigenvalue weighted by molar-refractivity contribution is 7.98. The molecular formula is C27H23FN2S2. The second-order valence-corrected chi connectivity index (χ2v) is 10.5.